The molecule has 6 nitrogen and oxygen atoms in total. The highest BCUT2D eigenvalue weighted by Gasteiger charge is 2.27. The molecule has 0 aliphatic heterocycles. The molecule has 8 heteroatoms. The highest BCUT2D eigenvalue weighted by Crippen LogP contribution is 2.27. The van der Waals surface area contributed by atoms with Crippen molar-refractivity contribution in [3.63, 3.8) is 0 Å². The van der Waals surface area contributed by atoms with Gasteiger partial charge in [0.15, 0.2) is 0 Å². The second kappa shape index (κ2) is 11.5. The number of nitrogens with one attached hydrogen (secondary N) is 2. The topological polar surface area (TPSA) is 84.5 Å². The standard InChI is InChI=1S/C26H29ClN2O4S/c1-4-19-12-9-13-20(5-2)25(19)28-26(30)23(16-18-10-7-6-8-11-18)29-34(31,32)21-14-15-24(33-3)22(27)17-21/h6-15,17,23,29H,4-5,16H2,1-3H3,(H,28,30)/t23-/m1/s1. The molecule has 1 amide bonds. The van der Waals surface area contributed by atoms with E-state index in [2.05, 4.69) is 10.0 Å². The Morgan fingerprint density at radius 3 is 2.18 bits per heavy atom. The van der Waals surface area contributed by atoms with Crippen molar-refractivity contribution in [3.05, 3.63) is 88.4 Å². The number of amides is 1. The van der Waals surface area contributed by atoms with Gasteiger partial charge in [-0.3, -0.25) is 4.79 Å². The maximum atomic E-state index is 13.4. The smallest absolute Gasteiger partial charge is 0.242 e. The van der Waals surface area contributed by atoms with Gasteiger partial charge >= 0.3 is 0 Å². The van der Waals surface area contributed by atoms with Gasteiger partial charge in [-0.1, -0.05) is 74.0 Å². The monoisotopic (exact) mass is 500 g/mol. The van der Waals surface area contributed by atoms with E-state index < -0.39 is 22.0 Å². The Bertz CT molecular complexity index is 1220. The van der Waals surface area contributed by atoms with Crippen molar-refractivity contribution in [1.29, 1.82) is 0 Å². The number of carbonyl (C=O) groups is 1. The number of hydrogen-bond donors (Lipinski definition) is 2. The molecule has 0 bridgehead atoms. The van der Waals surface area contributed by atoms with Crippen LogP contribution in [0.4, 0.5) is 5.69 Å². The minimum absolute atomic E-state index is 0.0487. The second-order valence-corrected chi connectivity index (χ2v) is 9.93. The average molecular weight is 501 g/mol. The Hall–Kier alpha value is -2.87. The second-order valence-electron chi connectivity index (χ2n) is 7.81. The zero-order valence-electron chi connectivity index (χ0n) is 19.5. The summed E-state index contributed by atoms with van der Waals surface area (Å²) >= 11 is 6.14. The van der Waals surface area contributed by atoms with Crippen LogP contribution in [0.3, 0.4) is 0 Å². The van der Waals surface area contributed by atoms with Crippen molar-refractivity contribution in [2.24, 2.45) is 0 Å². The SMILES string of the molecule is CCc1cccc(CC)c1NC(=O)[C@@H](Cc1ccccc1)NS(=O)(=O)c1ccc(OC)c(Cl)c1. The number of methoxy groups -OCH3 is 1. The van der Waals surface area contributed by atoms with E-state index in [9.17, 15) is 13.2 Å². The molecular weight excluding hydrogens is 472 g/mol. The quantitative estimate of drug-likeness (QED) is 0.410. The van der Waals surface area contributed by atoms with Crippen LogP contribution >= 0.6 is 11.6 Å². The van der Waals surface area contributed by atoms with Crippen molar-refractivity contribution in [3.8, 4) is 5.75 Å². The van der Waals surface area contributed by atoms with E-state index in [4.69, 9.17) is 16.3 Å². The predicted molar refractivity (Wildman–Crippen MR) is 136 cm³/mol. The Balaban J connectivity index is 1.94. The zero-order valence-corrected chi connectivity index (χ0v) is 21.0. The van der Waals surface area contributed by atoms with Crippen LogP contribution in [0.25, 0.3) is 0 Å². The Morgan fingerprint density at radius 1 is 0.971 bits per heavy atom. The lowest BCUT2D eigenvalue weighted by molar-refractivity contribution is -0.117. The minimum atomic E-state index is -4.05. The largest absolute Gasteiger partial charge is 0.495 e. The summed E-state index contributed by atoms with van der Waals surface area (Å²) in [5, 5.41) is 3.16. The number of ether oxygens (including phenoxy) is 1. The molecule has 3 aromatic carbocycles. The number of aryl methyl sites for hydroxylation is 2. The van der Waals surface area contributed by atoms with Gasteiger partial charge in [0.05, 0.1) is 17.0 Å². The number of para-hydroxylation sites is 1. The van der Waals surface area contributed by atoms with E-state index in [1.165, 1.54) is 25.3 Å². The molecule has 2 N–H and O–H groups in total. The summed E-state index contributed by atoms with van der Waals surface area (Å²) in [6.07, 6.45) is 1.66. The third kappa shape index (κ3) is 6.17. The van der Waals surface area contributed by atoms with Crippen molar-refractivity contribution in [2.75, 3.05) is 12.4 Å². The van der Waals surface area contributed by atoms with Crippen LogP contribution in [0.5, 0.6) is 5.75 Å². The van der Waals surface area contributed by atoms with Crippen LogP contribution in [-0.2, 0) is 34.1 Å². The van der Waals surface area contributed by atoms with Crippen LogP contribution in [0.15, 0.2) is 71.6 Å². The third-order valence-corrected chi connectivity index (χ3v) is 7.34. The fourth-order valence-electron chi connectivity index (χ4n) is 3.72. The lowest BCUT2D eigenvalue weighted by Crippen LogP contribution is -2.45. The first-order valence-corrected chi connectivity index (χ1v) is 13.0. The molecule has 0 aromatic heterocycles. The van der Waals surface area contributed by atoms with Gasteiger partial charge in [0.2, 0.25) is 15.9 Å². The van der Waals surface area contributed by atoms with Crippen LogP contribution in [0.1, 0.15) is 30.5 Å². The lowest BCUT2D eigenvalue weighted by atomic mass is 10.0. The molecule has 0 aliphatic carbocycles. The number of rotatable bonds is 10. The highest BCUT2D eigenvalue weighted by atomic mass is 35.5. The first-order chi connectivity index (χ1) is 16.3. The minimum Gasteiger partial charge on any atom is -0.495 e. The molecular formula is C26H29ClN2O4S. The van der Waals surface area contributed by atoms with Gasteiger partial charge < -0.3 is 10.1 Å². The number of carbonyl (C=O) groups excluding carboxylic acids is 1. The third-order valence-electron chi connectivity index (χ3n) is 5.58. The maximum Gasteiger partial charge on any atom is 0.242 e. The van der Waals surface area contributed by atoms with Crippen LogP contribution in [-0.4, -0.2) is 27.5 Å². The van der Waals surface area contributed by atoms with Gasteiger partial charge in [-0.15, -0.1) is 0 Å². The summed E-state index contributed by atoms with van der Waals surface area (Å²) in [5.41, 5.74) is 3.56. The molecule has 0 heterocycles. The van der Waals surface area contributed by atoms with E-state index >= 15 is 0 Å². The average Bonchev–Trinajstić information content (AvgIpc) is 2.84. The molecule has 180 valence electrons. The molecule has 0 fully saturated rings. The first-order valence-electron chi connectivity index (χ1n) is 11.1. The summed E-state index contributed by atoms with van der Waals surface area (Å²) in [6.45, 7) is 4.03. The first kappa shape index (κ1) is 25.7. The molecule has 3 aromatic rings. The Kier molecular flexibility index (Phi) is 8.72. The van der Waals surface area contributed by atoms with E-state index in [0.717, 1.165) is 35.2 Å². The van der Waals surface area contributed by atoms with E-state index in [-0.39, 0.29) is 16.3 Å². The molecule has 0 aliphatic rings. The van der Waals surface area contributed by atoms with Crippen LogP contribution in [0, 0.1) is 0 Å². The van der Waals surface area contributed by atoms with Gasteiger partial charge in [-0.25, -0.2) is 8.42 Å². The predicted octanol–water partition coefficient (Wildman–Crippen LogP) is 5.00. The van der Waals surface area contributed by atoms with Gasteiger partial charge in [-0.2, -0.15) is 4.72 Å². The van der Waals surface area contributed by atoms with Crippen LogP contribution in [0.2, 0.25) is 5.02 Å². The fourth-order valence-corrected chi connectivity index (χ4v) is 5.26. The molecule has 1 atom stereocenters. The van der Waals surface area contributed by atoms with E-state index in [0.29, 0.717) is 5.75 Å². The molecule has 0 unspecified atom stereocenters. The van der Waals surface area contributed by atoms with Crippen molar-refractivity contribution >= 4 is 33.2 Å². The number of anilines is 1. The maximum absolute atomic E-state index is 13.4. The van der Waals surface area contributed by atoms with Gasteiger partial charge in [-0.05, 0) is 54.2 Å². The number of benzene rings is 3. The van der Waals surface area contributed by atoms with Crippen LogP contribution < -0.4 is 14.8 Å². The lowest BCUT2D eigenvalue weighted by Gasteiger charge is -2.21. The molecule has 34 heavy (non-hydrogen) atoms. The number of hydrogen-bond acceptors (Lipinski definition) is 4. The summed E-state index contributed by atoms with van der Waals surface area (Å²) in [6, 6.07) is 18.3. The van der Waals surface area contributed by atoms with E-state index in [1.54, 1.807) is 0 Å². The van der Waals surface area contributed by atoms with Crippen molar-refractivity contribution in [2.45, 2.75) is 44.0 Å². The molecule has 0 radical (unpaired) electrons. The summed E-state index contributed by atoms with van der Waals surface area (Å²) in [7, 11) is -2.60. The van der Waals surface area contributed by atoms with Crippen molar-refractivity contribution < 1.29 is 17.9 Å². The fraction of sp³-hybridized carbons (Fsp3) is 0.269. The number of sulfonamides is 1. The summed E-state index contributed by atoms with van der Waals surface area (Å²) < 4.78 is 34.1. The molecule has 3 rings (SSSR count). The Labute approximate surface area is 206 Å². The Morgan fingerprint density at radius 2 is 1.62 bits per heavy atom. The van der Waals surface area contributed by atoms with Gasteiger partial charge in [0, 0.05) is 5.69 Å². The summed E-state index contributed by atoms with van der Waals surface area (Å²) in [5.74, 6) is -0.0647. The highest BCUT2D eigenvalue weighted by molar-refractivity contribution is 7.89. The molecule has 0 saturated heterocycles. The van der Waals surface area contributed by atoms with E-state index in [1.807, 2.05) is 62.4 Å². The van der Waals surface area contributed by atoms with Gasteiger partial charge in [0.1, 0.15) is 11.8 Å². The summed E-state index contributed by atoms with van der Waals surface area (Å²) in [4.78, 5) is 13.4. The zero-order chi connectivity index (χ0) is 24.7. The van der Waals surface area contributed by atoms with Gasteiger partial charge in [0.25, 0.3) is 0 Å². The normalized spacial score (nSPS) is 12.2. The number of halogens is 1. The molecule has 0 spiro atoms. The van der Waals surface area contributed by atoms with Crippen molar-refractivity contribution in [1.82, 2.24) is 4.72 Å². The molecule has 0 saturated carbocycles.